The number of benzene rings is 3. The zero-order valence-corrected chi connectivity index (χ0v) is 21.4. The predicted molar refractivity (Wildman–Crippen MR) is 147 cm³/mol. The van der Waals surface area contributed by atoms with Crippen LogP contribution in [-0.2, 0) is 11.3 Å². The lowest BCUT2D eigenvalue weighted by Gasteiger charge is -2.30. The van der Waals surface area contributed by atoms with E-state index in [0.29, 0.717) is 29.4 Å². The first-order valence-corrected chi connectivity index (χ1v) is 13.1. The Kier molecular flexibility index (Phi) is 7.87. The number of ether oxygens (including phenoxy) is 1. The molecule has 5 rings (SSSR count). The molecule has 3 aromatic carbocycles. The third-order valence-corrected chi connectivity index (χ3v) is 6.94. The van der Waals surface area contributed by atoms with E-state index in [9.17, 15) is 9.59 Å². The summed E-state index contributed by atoms with van der Waals surface area (Å²) in [5, 5.41) is 3.65. The van der Waals surface area contributed by atoms with E-state index in [1.807, 2.05) is 60.7 Å². The SMILES string of the molecule is O=C(NCCCN1CCCC1)c1ccc(/C=C2\Oc3ccccc3N(Cc3ccc(Cl)cc3)C2=O)cc1. The minimum absolute atomic E-state index is 0.0892. The van der Waals surface area contributed by atoms with Crippen LogP contribution >= 0.6 is 11.6 Å². The fourth-order valence-corrected chi connectivity index (χ4v) is 4.81. The molecule has 2 heterocycles. The Morgan fingerprint density at radius 3 is 2.46 bits per heavy atom. The Bertz CT molecular complexity index is 1280. The number of carbonyl (C=O) groups is 2. The van der Waals surface area contributed by atoms with Crippen molar-refractivity contribution < 1.29 is 14.3 Å². The van der Waals surface area contributed by atoms with Crippen LogP contribution in [0.3, 0.4) is 0 Å². The quantitative estimate of drug-likeness (QED) is 0.317. The van der Waals surface area contributed by atoms with Crippen LogP contribution in [0.4, 0.5) is 5.69 Å². The average Bonchev–Trinajstić information content (AvgIpc) is 3.44. The first-order valence-electron chi connectivity index (χ1n) is 12.7. The molecule has 190 valence electrons. The van der Waals surface area contributed by atoms with Gasteiger partial charge in [-0.3, -0.25) is 14.5 Å². The van der Waals surface area contributed by atoms with E-state index in [2.05, 4.69) is 10.2 Å². The molecule has 0 aliphatic carbocycles. The van der Waals surface area contributed by atoms with Crippen molar-refractivity contribution in [3.05, 3.63) is 100 Å². The van der Waals surface area contributed by atoms with Gasteiger partial charge in [0.05, 0.1) is 12.2 Å². The normalized spacial score (nSPS) is 16.5. The monoisotopic (exact) mass is 515 g/mol. The molecular weight excluding hydrogens is 486 g/mol. The first-order chi connectivity index (χ1) is 18.1. The smallest absolute Gasteiger partial charge is 0.294 e. The van der Waals surface area contributed by atoms with E-state index in [-0.39, 0.29) is 17.6 Å². The predicted octanol–water partition coefficient (Wildman–Crippen LogP) is 5.52. The summed E-state index contributed by atoms with van der Waals surface area (Å²) >= 11 is 6.03. The second-order valence-electron chi connectivity index (χ2n) is 9.38. The molecule has 6 nitrogen and oxygen atoms in total. The van der Waals surface area contributed by atoms with Gasteiger partial charge in [-0.15, -0.1) is 0 Å². The summed E-state index contributed by atoms with van der Waals surface area (Å²) in [5.74, 6) is 0.529. The van der Waals surface area contributed by atoms with Gasteiger partial charge in [0, 0.05) is 17.1 Å². The van der Waals surface area contributed by atoms with Crippen molar-refractivity contribution in [3.63, 3.8) is 0 Å². The minimum atomic E-state index is -0.228. The number of carbonyl (C=O) groups excluding carboxylic acids is 2. The standard InChI is InChI=1S/C30H30ClN3O3/c31-25-14-10-23(11-15-25)21-34-26-6-1-2-7-27(26)37-28(30(34)36)20-22-8-12-24(13-9-22)29(35)32-16-5-19-33-17-3-4-18-33/h1-2,6-15,20H,3-5,16-19,21H2,(H,32,35)/b28-20-. The summed E-state index contributed by atoms with van der Waals surface area (Å²) < 4.78 is 5.99. The van der Waals surface area contributed by atoms with Crippen LogP contribution in [-0.4, -0.2) is 42.9 Å². The summed E-state index contributed by atoms with van der Waals surface area (Å²) in [5.41, 5.74) is 3.05. The molecule has 0 radical (unpaired) electrons. The fourth-order valence-electron chi connectivity index (χ4n) is 4.69. The summed E-state index contributed by atoms with van der Waals surface area (Å²) in [6.45, 7) is 4.42. The number of nitrogens with one attached hydrogen (secondary N) is 1. The molecule has 0 aromatic heterocycles. The van der Waals surface area contributed by atoms with Crippen LogP contribution < -0.4 is 15.0 Å². The topological polar surface area (TPSA) is 61.9 Å². The van der Waals surface area contributed by atoms with Crippen LogP contribution in [0.2, 0.25) is 5.02 Å². The third kappa shape index (κ3) is 6.21. The van der Waals surface area contributed by atoms with E-state index >= 15 is 0 Å². The van der Waals surface area contributed by atoms with Gasteiger partial charge in [0.1, 0.15) is 0 Å². The number of halogens is 1. The van der Waals surface area contributed by atoms with Crippen molar-refractivity contribution in [2.75, 3.05) is 31.1 Å². The van der Waals surface area contributed by atoms with Crippen LogP contribution in [0.5, 0.6) is 5.75 Å². The lowest BCUT2D eigenvalue weighted by Crippen LogP contribution is -2.36. The molecule has 0 spiro atoms. The third-order valence-electron chi connectivity index (χ3n) is 6.69. The second kappa shape index (κ2) is 11.6. The molecule has 37 heavy (non-hydrogen) atoms. The number of para-hydroxylation sites is 2. The van der Waals surface area contributed by atoms with Crippen molar-refractivity contribution in [1.29, 1.82) is 0 Å². The Morgan fingerprint density at radius 2 is 1.70 bits per heavy atom. The van der Waals surface area contributed by atoms with Gasteiger partial charge < -0.3 is 15.0 Å². The fraction of sp³-hybridized carbons (Fsp3) is 0.267. The van der Waals surface area contributed by atoms with Crippen molar-refractivity contribution >= 4 is 35.2 Å². The number of nitrogens with zero attached hydrogens (tertiary/aromatic N) is 2. The molecule has 0 saturated carbocycles. The number of amides is 2. The zero-order chi connectivity index (χ0) is 25.6. The molecule has 1 fully saturated rings. The number of likely N-dealkylation sites (tertiary alicyclic amines) is 1. The number of anilines is 1. The van der Waals surface area contributed by atoms with Crippen LogP contribution in [0.15, 0.2) is 78.6 Å². The average molecular weight is 516 g/mol. The number of hydrogen-bond donors (Lipinski definition) is 1. The van der Waals surface area contributed by atoms with Crippen molar-refractivity contribution in [2.45, 2.75) is 25.8 Å². The minimum Gasteiger partial charge on any atom is -0.449 e. The summed E-state index contributed by atoms with van der Waals surface area (Å²) in [7, 11) is 0. The van der Waals surface area contributed by atoms with Crippen LogP contribution in [0.25, 0.3) is 6.08 Å². The molecule has 0 unspecified atom stereocenters. The Labute approximate surface area is 222 Å². The van der Waals surface area contributed by atoms with Gasteiger partial charge in [-0.2, -0.15) is 0 Å². The largest absolute Gasteiger partial charge is 0.449 e. The van der Waals surface area contributed by atoms with Gasteiger partial charge in [-0.1, -0.05) is 48.0 Å². The Morgan fingerprint density at radius 1 is 0.973 bits per heavy atom. The highest BCUT2D eigenvalue weighted by Gasteiger charge is 2.30. The number of rotatable bonds is 8. The van der Waals surface area contributed by atoms with Crippen molar-refractivity contribution in [3.8, 4) is 5.75 Å². The number of fused-ring (bicyclic) bond motifs is 1. The maximum atomic E-state index is 13.4. The lowest BCUT2D eigenvalue weighted by atomic mass is 10.1. The van der Waals surface area contributed by atoms with Crippen molar-refractivity contribution in [1.82, 2.24) is 10.2 Å². The van der Waals surface area contributed by atoms with Crippen LogP contribution in [0.1, 0.15) is 40.7 Å². The molecular formula is C30H30ClN3O3. The molecule has 2 aliphatic rings. The van der Waals surface area contributed by atoms with Crippen LogP contribution in [0, 0.1) is 0 Å². The molecule has 7 heteroatoms. The molecule has 0 bridgehead atoms. The van der Waals surface area contributed by atoms with Gasteiger partial charge in [0.25, 0.3) is 11.8 Å². The highest BCUT2D eigenvalue weighted by Crippen LogP contribution is 2.36. The molecule has 3 aromatic rings. The maximum absolute atomic E-state index is 13.4. The molecule has 1 saturated heterocycles. The zero-order valence-electron chi connectivity index (χ0n) is 20.7. The molecule has 2 aliphatic heterocycles. The van der Waals surface area contributed by atoms with E-state index in [0.717, 1.165) is 29.8 Å². The highest BCUT2D eigenvalue weighted by molar-refractivity contribution is 6.30. The Balaban J connectivity index is 1.26. The molecule has 0 atom stereocenters. The maximum Gasteiger partial charge on any atom is 0.294 e. The summed E-state index contributed by atoms with van der Waals surface area (Å²) in [6, 6.07) is 22.1. The first kappa shape index (κ1) is 25.1. The summed E-state index contributed by atoms with van der Waals surface area (Å²) in [6.07, 6.45) is 5.21. The van der Waals surface area contributed by atoms with Gasteiger partial charge in [0.2, 0.25) is 0 Å². The van der Waals surface area contributed by atoms with Gasteiger partial charge in [0.15, 0.2) is 11.5 Å². The number of hydrogen-bond acceptors (Lipinski definition) is 4. The van der Waals surface area contributed by atoms with E-state index in [1.54, 1.807) is 23.1 Å². The Hall–Kier alpha value is -3.61. The second-order valence-corrected chi connectivity index (χ2v) is 9.81. The van der Waals surface area contributed by atoms with E-state index in [4.69, 9.17) is 16.3 Å². The van der Waals surface area contributed by atoms with Gasteiger partial charge in [-0.05, 0) is 92.5 Å². The molecule has 1 N–H and O–H groups in total. The highest BCUT2D eigenvalue weighted by atomic mass is 35.5. The lowest BCUT2D eigenvalue weighted by molar-refractivity contribution is -0.117. The van der Waals surface area contributed by atoms with Crippen molar-refractivity contribution in [2.24, 2.45) is 0 Å². The van der Waals surface area contributed by atoms with Gasteiger partial charge >= 0.3 is 0 Å². The molecule has 2 amide bonds. The van der Waals surface area contributed by atoms with E-state index < -0.39 is 0 Å². The van der Waals surface area contributed by atoms with E-state index in [1.165, 1.54) is 25.9 Å². The summed E-state index contributed by atoms with van der Waals surface area (Å²) in [4.78, 5) is 30.1. The van der Waals surface area contributed by atoms with Gasteiger partial charge in [-0.25, -0.2) is 0 Å².